The molecule has 0 spiro atoms. The minimum absolute atomic E-state index is 0.119. The number of aromatic nitrogens is 4. The number of benzene rings is 1. The van der Waals surface area contributed by atoms with Gasteiger partial charge >= 0.3 is 0 Å². The van der Waals surface area contributed by atoms with E-state index < -0.39 is 0 Å². The minimum Gasteiger partial charge on any atom is -0.338 e. The van der Waals surface area contributed by atoms with Gasteiger partial charge in [-0.25, -0.2) is 0 Å². The average molecular weight is 340 g/mol. The van der Waals surface area contributed by atoms with Crippen LogP contribution < -0.4 is 10.6 Å². The van der Waals surface area contributed by atoms with E-state index >= 15 is 0 Å². The summed E-state index contributed by atoms with van der Waals surface area (Å²) in [7, 11) is 0. The molecule has 0 bridgehead atoms. The molecule has 0 aliphatic carbocycles. The van der Waals surface area contributed by atoms with Crippen LogP contribution in [0, 0.1) is 6.92 Å². The van der Waals surface area contributed by atoms with Gasteiger partial charge in [0.25, 0.3) is 0 Å². The Morgan fingerprint density at radius 1 is 1.28 bits per heavy atom. The molecule has 1 aromatic carbocycles. The molecule has 3 aromatic rings. The van der Waals surface area contributed by atoms with Crippen molar-refractivity contribution in [1.82, 2.24) is 25.2 Å². The first-order valence-corrected chi connectivity index (χ1v) is 8.01. The lowest BCUT2D eigenvalue weighted by molar-refractivity contribution is -0.115. The Morgan fingerprint density at radius 3 is 2.80 bits per heavy atom. The van der Waals surface area contributed by atoms with Gasteiger partial charge < -0.3 is 9.84 Å². The van der Waals surface area contributed by atoms with Crippen LogP contribution in [0.3, 0.4) is 0 Å². The quantitative estimate of drug-likeness (QED) is 0.682. The fraction of sp³-hybridized carbons (Fsp3) is 0.294. The molecular formula is C17H20N6O2. The molecule has 0 aliphatic rings. The second-order valence-corrected chi connectivity index (χ2v) is 5.71. The highest BCUT2D eigenvalue weighted by molar-refractivity contribution is 5.91. The highest BCUT2D eigenvalue weighted by Gasteiger charge is 2.14. The molecule has 1 atom stereocenters. The van der Waals surface area contributed by atoms with Gasteiger partial charge in [-0.1, -0.05) is 35.5 Å². The van der Waals surface area contributed by atoms with E-state index in [4.69, 9.17) is 4.52 Å². The molecule has 8 heteroatoms. The third-order valence-electron chi connectivity index (χ3n) is 3.58. The number of nitrogens with zero attached hydrogens (tertiary/aromatic N) is 4. The largest absolute Gasteiger partial charge is 0.338 e. The second kappa shape index (κ2) is 7.71. The molecule has 0 radical (unpaired) electrons. The third kappa shape index (κ3) is 4.74. The molecule has 2 heterocycles. The Kier molecular flexibility index (Phi) is 5.20. The third-order valence-corrected chi connectivity index (χ3v) is 3.58. The van der Waals surface area contributed by atoms with Gasteiger partial charge in [0.15, 0.2) is 11.6 Å². The predicted molar refractivity (Wildman–Crippen MR) is 91.9 cm³/mol. The topological polar surface area (TPSA) is 97.9 Å². The number of rotatable bonds is 7. The summed E-state index contributed by atoms with van der Waals surface area (Å²) in [5.41, 5.74) is 1.15. The second-order valence-electron chi connectivity index (χ2n) is 5.71. The zero-order valence-electron chi connectivity index (χ0n) is 14.1. The zero-order chi connectivity index (χ0) is 17.6. The smallest absolute Gasteiger partial charge is 0.243 e. The van der Waals surface area contributed by atoms with Crippen LogP contribution in [0.2, 0.25) is 0 Å². The van der Waals surface area contributed by atoms with Crippen molar-refractivity contribution in [1.29, 1.82) is 0 Å². The van der Waals surface area contributed by atoms with E-state index in [-0.39, 0.29) is 18.5 Å². The summed E-state index contributed by atoms with van der Waals surface area (Å²) in [6.07, 6.45) is 1.83. The number of carbonyl (C=O) groups excluding carboxylic acids is 1. The highest BCUT2D eigenvalue weighted by atomic mass is 16.5. The molecule has 0 aliphatic heterocycles. The molecule has 0 saturated heterocycles. The first-order chi connectivity index (χ1) is 12.1. The Balaban J connectivity index is 1.48. The number of carbonyl (C=O) groups is 1. The van der Waals surface area contributed by atoms with E-state index in [2.05, 4.69) is 25.9 Å². The van der Waals surface area contributed by atoms with Gasteiger partial charge in [0, 0.05) is 12.3 Å². The molecule has 0 fully saturated rings. The summed E-state index contributed by atoms with van der Waals surface area (Å²) >= 11 is 0. The van der Waals surface area contributed by atoms with Crippen molar-refractivity contribution in [3.05, 3.63) is 59.9 Å². The van der Waals surface area contributed by atoms with Crippen molar-refractivity contribution < 1.29 is 9.32 Å². The van der Waals surface area contributed by atoms with E-state index in [1.54, 1.807) is 17.7 Å². The summed E-state index contributed by atoms with van der Waals surface area (Å²) in [6, 6.07) is 11.6. The Labute approximate surface area is 145 Å². The molecule has 2 N–H and O–H groups in total. The lowest BCUT2D eigenvalue weighted by Gasteiger charge is -2.08. The van der Waals surface area contributed by atoms with Crippen molar-refractivity contribution in [2.24, 2.45) is 0 Å². The molecule has 130 valence electrons. The van der Waals surface area contributed by atoms with Crippen molar-refractivity contribution in [2.75, 3.05) is 11.9 Å². The normalized spacial score (nSPS) is 12.1. The molecule has 0 saturated carbocycles. The molecular weight excluding hydrogens is 320 g/mol. The number of nitrogens with one attached hydrogen (secondary N) is 2. The highest BCUT2D eigenvalue weighted by Crippen LogP contribution is 2.09. The van der Waals surface area contributed by atoms with Crippen LogP contribution in [-0.4, -0.2) is 32.4 Å². The zero-order valence-corrected chi connectivity index (χ0v) is 14.1. The first-order valence-electron chi connectivity index (χ1n) is 8.01. The van der Waals surface area contributed by atoms with Crippen LogP contribution in [0.1, 0.15) is 30.2 Å². The predicted octanol–water partition coefficient (Wildman–Crippen LogP) is 1.91. The number of anilines is 1. The van der Waals surface area contributed by atoms with Gasteiger partial charge in [-0.2, -0.15) is 10.1 Å². The van der Waals surface area contributed by atoms with Crippen LogP contribution in [0.15, 0.2) is 47.1 Å². The van der Waals surface area contributed by atoms with Crippen molar-refractivity contribution in [2.45, 2.75) is 26.4 Å². The fourth-order valence-electron chi connectivity index (χ4n) is 2.30. The van der Waals surface area contributed by atoms with Crippen LogP contribution in [0.4, 0.5) is 5.82 Å². The molecule has 1 unspecified atom stereocenters. The summed E-state index contributed by atoms with van der Waals surface area (Å²) < 4.78 is 6.85. The van der Waals surface area contributed by atoms with Crippen LogP contribution >= 0.6 is 0 Å². The molecule has 2 aromatic heterocycles. The lowest BCUT2D eigenvalue weighted by Crippen LogP contribution is -2.30. The Morgan fingerprint density at radius 2 is 2.08 bits per heavy atom. The Hall–Kier alpha value is -3.00. The van der Waals surface area contributed by atoms with E-state index in [1.807, 2.05) is 43.5 Å². The standard InChI is InChI=1S/C17H20N6O2/c1-12(17-19-13(2)22-25-17)18-10-16(24)20-15-8-9-23(21-15)11-14-6-4-3-5-7-14/h3-9,12,18H,10-11H2,1-2H3,(H,20,21,24). The van der Waals surface area contributed by atoms with Gasteiger partial charge in [-0.05, 0) is 19.4 Å². The van der Waals surface area contributed by atoms with Crippen molar-refractivity contribution >= 4 is 11.7 Å². The Bertz CT molecular complexity index is 827. The van der Waals surface area contributed by atoms with Crippen molar-refractivity contribution in [3.8, 4) is 0 Å². The van der Waals surface area contributed by atoms with E-state index in [9.17, 15) is 4.79 Å². The van der Waals surface area contributed by atoms with Gasteiger partial charge in [-0.15, -0.1) is 0 Å². The molecule has 8 nitrogen and oxygen atoms in total. The summed E-state index contributed by atoms with van der Waals surface area (Å²) in [6.45, 7) is 4.38. The van der Waals surface area contributed by atoms with Gasteiger partial charge in [0.1, 0.15) is 0 Å². The van der Waals surface area contributed by atoms with Gasteiger partial charge in [0.2, 0.25) is 11.8 Å². The van der Waals surface area contributed by atoms with Crippen LogP contribution in [0.5, 0.6) is 0 Å². The maximum absolute atomic E-state index is 12.0. The fourth-order valence-corrected chi connectivity index (χ4v) is 2.30. The lowest BCUT2D eigenvalue weighted by atomic mass is 10.2. The van der Waals surface area contributed by atoms with E-state index in [0.717, 1.165) is 5.56 Å². The van der Waals surface area contributed by atoms with Gasteiger partial charge in [-0.3, -0.25) is 14.8 Å². The van der Waals surface area contributed by atoms with E-state index in [0.29, 0.717) is 24.1 Å². The van der Waals surface area contributed by atoms with Crippen LogP contribution in [-0.2, 0) is 11.3 Å². The monoisotopic (exact) mass is 340 g/mol. The average Bonchev–Trinajstić information content (AvgIpc) is 3.23. The summed E-state index contributed by atoms with van der Waals surface area (Å²) in [5.74, 6) is 1.35. The summed E-state index contributed by atoms with van der Waals surface area (Å²) in [4.78, 5) is 16.2. The van der Waals surface area contributed by atoms with Crippen LogP contribution in [0.25, 0.3) is 0 Å². The molecule has 25 heavy (non-hydrogen) atoms. The number of hydrogen-bond acceptors (Lipinski definition) is 6. The number of aryl methyl sites for hydroxylation is 1. The minimum atomic E-state index is -0.206. The maximum atomic E-state index is 12.0. The number of hydrogen-bond donors (Lipinski definition) is 2. The first kappa shape index (κ1) is 16.8. The number of amides is 1. The van der Waals surface area contributed by atoms with E-state index in [1.165, 1.54) is 0 Å². The van der Waals surface area contributed by atoms with Gasteiger partial charge in [0.05, 0.1) is 19.1 Å². The molecule has 1 amide bonds. The maximum Gasteiger partial charge on any atom is 0.243 e. The summed E-state index contributed by atoms with van der Waals surface area (Å²) in [5, 5.41) is 13.9. The van der Waals surface area contributed by atoms with Crippen molar-refractivity contribution in [3.63, 3.8) is 0 Å². The molecule has 3 rings (SSSR count). The SMILES string of the molecule is Cc1noc(C(C)NCC(=O)Nc2ccn(Cc3ccccc3)n2)n1.